The van der Waals surface area contributed by atoms with Gasteiger partial charge in [-0.15, -0.1) is 0 Å². The smallest absolute Gasteiger partial charge is 0.318 e. The van der Waals surface area contributed by atoms with Gasteiger partial charge < -0.3 is 25.8 Å². The molecule has 0 bridgehead atoms. The third kappa shape index (κ3) is 6.07. The number of nitrogens with one attached hydrogen (secondary N) is 1. The van der Waals surface area contributed by atoms with Crippen molar-refractivity contribution in [3.63, 3.8) is 0 Å². The third-order valence-corrected chi connectivity index (χ3v) is 7.56. The summed E-state index contributed by atoms with van der Waals surface area (Å²) in [6.07, 6.45) is 1.26. The predicted molar refractivity (Wildman–Crippen MR) is 146 cm³/mol. The summed E-state index contributed by atoms with van der Waals surface area (Å²) in [6.45, 7) is 7.94. The van der Waals surface area contributed by atoms with E-state index in [2.05, 4.69) is 36.2 Å². The number of carbonyl (C=O) groups is 2. The van der Waals surface area contributed by atoms with Gasteiger partial charge >= 0.3 is 6.03 Å². The molecule has 2 aliphatic rings. The van der Waals surface area contributed by atoms with Crippen LogP contribution in [0.3, 0.4) is 0 Å². The molecule has 0 aliphatic carbocycles. The Morgan fingerprint density at radius 2 is 1.78 bits per heavy atom. The molecule has 1 unspecified atom stereocenters. The summed E-state index contributed by atoms with van der Waals surface area (Å²) in [4.78, 5) is 32.1. The SMILES string of the molecule is CC(C)C[C@H](N)c1ccccc1N1CCN(C(=O)C(Cc2ccc(Cl)cc2Cl)N2CCNC2=O)CC1. The number of hydrogen-bond acceptors (Lipinski definition) is 4. The number of amides is 3. The molecule has 194 valence electrons. The highest BCUT2D eigenvalue weighted by Crippen LogP contribution is 2.30. The van der Waals surface area contributed by atoms with Gasteiger partial charge in [-0.1, -0.05) is 61.3 Å². The monoisotopic (exact) mass is 531 g/mol. The van der Waals surface area contributed by atoms with Crippen LogP contribution in [0.2, 0.25) is 10.0 Å². The minimum absolute atomic E-state index is 0.0250. The highest BCUT2D eigenvalue weighted by Gasteiger charge is 2.37. The van der Waals surface area contributed by atoms with Gasteiger partial charge in [-0.25, -0.2) is 4.79 Å². The molecule has 36 heavy (non-hydrogen) atoms. The molecule has 2 saturated heterocycles. The Hall–Kier alpha value is -2.48. The summed E-state index contributed by atoms with van der Waals surface area (Å²) in [5.41, 5.74) is 9.63. The maximum atomic E-state index is 13.7. The summed E-state index contributed by atoms with van der Waals surface area (Å²) in [7, 11) is 0. The second-order valence-electron chi connectivity index (χ2n) is 9.99. The van der Waals surface area contributed by atoms with Crippen molar-refractivity contribution in [2.24, 2.45) is 11.7 Å². The number of urea groups is 1. The van der Waals surface area contributed by atoms with Crippen molar-refractivity contribution >= 4 is 40.8 Å². The van der Waals surface area contributed by atoms with Gasteiger partial charge in [-0.05, 0) is 41.7 Å². The lowest BCUT2D eigenvalue weighted by molar-refractivity contribution is -0.136. The molecule has 2 atom stereocenters. The molecular weight excluding hydrogens is 497 g/mol. The minimum Gasteiger partial charge on any atom is -0.368 e. The van der Waals surface area contributed by atoms with Gasteiger partial charge in [0.15, 0.2) is 0 Å². The molecule has 3 N–H and O–H groups in total. The average molecular weight is 533 g/mol. The van der Waals surface area contributed by atoms with Crippen LogP contribution in [-0.2, 0) is 11.2 Å². The molecule has 9 heteroatoms. The summed E-state index contributed by atoms with van der Waals surface area (Å²) < 4.78 is 0. The highest BCUT2D eigenvalue weighted by atomic mass is 35.5. The van der Waals surface area contributed by atoms with Crippen molar-refractivity contribution < 1.29 is 9.59 Å². The topological polar surface area (TPSA) is 81.9 Å². The molecule has 7 nitrogen and oxygen atoms in total. The van der Waals surface area contributed by atoms with Crippen molar-refractivity contribution in [3.05, 3.63) is 63.6 Å². The molecule has 2 fully saturated rings. The van der Waals surface area contributed by atoms with E-state index < -0.39 is 6.04 Å². The fourth-order valence-corrected chi connectivity index (χ4v) is 5.60. The quantitative estimate of drug-likeness (QED) is 0.531. The molecule has 3 amide bonds. The van der Waals surface area contributed by atoms with Gasteiger partial charge in [-0.2, -0.15) is 0 Å². The van der Waals surface area contributed by atoms with Gasteiger partial charge in [0, 0.05) is 67.5 Å². The van der Waals surface area contributed by atoms with Gasteiger partial charge in [-0.3, -0.25) is 4.79 Å². The van der Waals surface area contributed by atoms with Crippen molar-refractivity contribution in [2.45, 2.75) is 38.8 Å². The fraction of sp³-hybridized carbons (Fsp3) is 0.481. The van der Waals surface area contributed by atoms with Crippen LogP contribution in [0.5, 0.6) is 0 Å². The second-order valence-corrected chi connectivity index (χ2v) is 10.8. The van der Waals surface area contributed by atoms with E-state index in [0.29, 0.717) is 61.7 Å². The molecular formula is C27H35Cl2N5O2. The number of halogens is 2. The highest BCUT2D eigenvalue weighted by molar-refractivity contribution is 6.35. The number of nitrogens with zero attached hydrogens (tertiary/aromatic N) is 3. The summed E-state index contributed by atoms with van der Waals surface area (Å²) >= 11 is 12.5. The lowest BCUT2D eigenvalue weighted by atomic mass is 9.96. The lowest BCUT2D eigenvalue weighted by Crippen LogP contribution is -2.56. The van der Waals surface area contributed by atoms with Crippen LogP contribution in [0, 0.1) is 5.92 Å². The number of benzene rings is 2. The van der Waals surface area contributed by atoms with Gasteiger partial charge in [0.25, 0.3) is 0 Å². The summed E-state index contributed by atoms with van der Waals surface area (Å²) in [5.74, 6) is 0.457. The van der Waals surface area contributed by atoms with Crippen LogP contribution in [0.1, 0.15) is 37.4 Å². The van der Waals surface area contributed by atoms with Crippen LogP contribution in [0.15, 0.2) is 42.5 Å². The van der Waals surface area contributed by atoms with Gasteiger partial charge in [0.2, 0.25) is 5.91 Å². The summed E-state index contributed by atoms with van der Waals surface area (Å²) in [6, 6.07) is 12.7. The first-order valence-electron chi connectivity index (χ1n) is 12.6. The number of hydrogen-bond donors (Lipinski definition) is 2. The molecule has 0 aromatic heterocycles. The number of rotatable bonds is 8. The molecule has 0 spiro atoms. The number of nitrogens with two attached hydrogens (primary N) is 1. The van der Waals surface area contributed by atoms with Crippen LogP contribution >= 0.6 is 23.2 Å². The maximum absolute atomic E-state index is 13.7. The van der Waals surface area contributed by atoms with Crippen LogP contribution < -0.4 is 16.0 Å². The standard InChI is InChI=1S/C27H35Cl2N5O2/c1-18(2)15-23(30)21-5-3-4-6-24(21)32-11-13-33(14-12-32)26(35)25(34-10-9-31-27(34)36)16-19-7-8-20(28)17-22(19)29/h3-8,17-18,23,25H,9-16,30H2,1-2H3,(H,31,36)/t23-,25?/m0/s1. The zero-order valence-electron chi connectivity index (χ0n) is 20.9. The first-order chi connectivity index (χ1) is 17.2. The Morgan fingerprint density at radius 1 is 1.06 bits per heavy atom. The Balaban J connectivity index is 1.48. The van der Waals surface area contributed by atoms with E-state index in [-0.39, 0.29) is 18.0 Å². The fourth-order valence-electron chi connectivity index (χ4n) is 5.11. The normalized spacial score (nSPS) is 17.9. The molecule has 0 saturated carbocycles. The van der Waals surface area contributed by atoms with E-state index in [4.69, 9.17) is 28.9 Å². The van der Waals surface area contributed by atoms with Crippen molar-refractivity contribution in [1.29, 1.82) is 0 Å². The van der Waals surface area contributed by atoms with Crippen molar-refractivity contribution in [3.8, 4) is 0 Å². The molecule has 2 aliphatic heterocycles. The Labute approximate surface area is 223 Å². The van der Waals surface area contributed by atoms with Crippen LogP contribution in [-0.4, -0.2) is 67.0 Å². The molecule has 4 rings (SSSR count). The van der Waals surface area contributed by atoms with Crippen LogP contribution in [0.4, 0.5) is 10.5 Å². The third-order valence-electron chi connectivity index (χ3n) is 6.97. The largest absolute Gasteiger partial charge is 0.368 e. The number of carbonyl (C=O) groups excluding carboxylic acids is 2. The van der Waals surface area contributed by atoms with Crippen molar-refractivity contribution in [2.75, 3.05) is 44.2 Å². The molecule has 2 heterocycles. The first-order valence-corrected chi connectivity index (χ1v) is 13.4. The Kier molecular flexibility index (Phi) is 8.65. The van der Waals surface area contributed by atoms with Crippen LogP contribution in [0.25, 0.3) is 0 Å². The zero-order valence-corrected chi connectivity index (χ0v) is 22.4. The number of piperazine rings is 1. The van der Waals surface area contributed by atoms with Gasteiger partial charge in [0.05, 0.1) is 0 Å². The molecule has 2 aromatic rings. The second kappa shape index (κ2) is 11.7. The Bertz CT molecular complexity index is 1090. The Morgan fingerprint density at radius 3 is 2.42 bits per heavy atom. The molecule has 2 aromatic carbocycles. The van der Waals surface area contributed by atoms with E-state index in [1.807, 2.05) is 23.1 Å². The van der Waals surface area contributed by atoms with E-state index in [1.165, 1.54) is 0 Å². The number of anilines is 1. The van der Waals surface area contributed by atoms with E-state index in [1.54, 1.807) is 17.0 Å². The average Bonchev–Trinajstić information content (AvgIpc) is 3.28. The zero-order chi connectivity index (χ0) is 25.8. The predicted octanol–water partition coefficient (Wildman–Crippen LogP) is 4.32. The van der Waals surface area contributed by atoms with Crippen molar-refractivity contribution in [1.82, 2.24) is 15.1 Å². The van der Waals surface area contributed by atoms with E-state index >= 15 is 0 Å². The number of para-hydroxylation sites is 1. The minimum atomic E-state index is -0.621. The first kappa shape index (κ1) is 26.6. The lowest BCUT2D eigenvalue weighted by Gasteiger charge is -2.40. The van der Waals surface area contributed by atoms with E-state index in [9.17, 15) is 9.59 Å². The molecule has 0 radical (unpaired) electrons. The van der Waals surface area contributed by atoms with E-state index in [0.717, 1.165) is 23.2 Å². The van der Waals surface area contributed by atoms with Gasteiger partial charge in [0.1, 0.15) is 6.04 Å². The summed E-state index contributed by atoms with van der Waals surface area (Å²) in [5, 5.41) is 3.85. The maximum Gasteiger partial charge on any atom is 0.318 e.